The first-order valence-corrected chi connectivity index (χ1v) is 8.67. The average Bonchev–Trinajstić information content (AvgIpc) is 2.69. The van der Waals surface area contributed by atoms with E-state index in [0.717, 1.165) is 23.1 Å². The average molecular weight is 361 g/mol. The highest BCUT2D eigenvalue weighted by atomic mass is 16.5. The van der Waals surface area contributed by atoms with Crippen molar-refractivity contribution < 1.29 is 4.74 Å². The molecule has 0 atom stereocenters. The summed E-state index contributed by atoms with van der Waals surface area (Å²) in [5.74, 6) is 0.254. The Morgan fingerprint density at radius 3 is 2.56 bits per heavy atom. The molecule has 0 saturated heterocycles. The Morgan fingerprint density at radius 2 is 1.85 bits per heavy atom. The summed E-state index contributed by atoms with van der Waals surface area (Å²) in [5.41, 5.74) is 2.28. The highest BCUT2D eigenvalue weighted by Crippen LogP contribution is 2.23. The van der Waals surface area contributed by atoms with Gasteiger partial charge in [0.1, 0.15) is 0 Å². The predicted molar refractivity (Wildman–Crippen MR) is 103 cm³/mol. The van der Waals surface area contributed by atoms with Crippen LogP contribution in [0.15, 0.2) is 64.2 Å². The van der Waals surface area contributed by atoms with Crippen molar-refractivity contribution in [3.63, 3.8) is 0 Å². The molecule has 136 valence electrons. The van der Waals surface area contributed by atoms with Gasteiger partial charge in [-0.15, -0.1) is 0 Å². The molecule has 0 aliphatic rings. The van der Waals surface area contributed by atoms with Gasteiger partial charge in [-0.25, -0.2) is 4.79 Å². The Morgan fingerprint density at radius 1 is 1.11 bits per heavy atom. The van der Waals surface area contributed by atoms with Crippen molar-refractivity contribution in [3.8, 4) is 23.1 Å². The Bertz CT molecular complexity index is 1090. The van der Waals surface area contributed by atoms with E-state index in [1.54, 1.807) is 6.07 Å². The molecule has 0 aliphatic carbocycles. The quantitative estimate of drug-likeness (QED) is 0.731. The summed E-state index contributed by atoms with van der Waals surface area (Å²) in [6, 6.07) is 18.5. The van der Waals surface area contributed by atoms with Crippen molar-refractivity contribution in [2.24, 2.45) is 0 Å². The van der Waals surface area contributed by atoms with Crippen LogP contribution in [0.5, 0.6) is 5.88 Å². The number of aromatic nitrogens is 2. The first kappa shape index (κ1) is 18.2. The predicted octanol–water partition coefficient (Wildman–Crippen LogP) is 2.91. The van der Waals surface area contributed by atoms with Crippen LogP contribution in [0.1, 0.15) is 24.5 Å². The fraction of sp³-hybridized carbons (Fsp3) is 0.190. The van der Waals surface area contributed by atoms with Gasteiger partial charge in [-0.05, 0) is 29.2 Å². The minimum Gasteiger partial charge on any atom is -0.479 e. The van der Waals surface area contributed by atoms with Crippen LogP contribution >= 0.6 is 0 Å². The van der Waals surface area contributed by atoms with Crippen LogP contribution in [0.3, 0.4) is 0 Å². The molecular weight excluding hydrogens is 342 g/mol. The second-order valence-corrected chi connectivity index (χ2v) is 6.07. The van der Waals surface area contributed by atoms with Crippen LogP contribution in [0, 0.1) is 11.3 Å². The van der Waals surface area contributed by atoms with Crippen LogP contribution in [-0.2, 0) is 6.54 Å². The van der Waals surface area contributed by atoms with Gasteiger partial charge < -0.3 is 4.74 Å². The van der Waals surface area contributed by atoms with Crippen LogP contribution in [-0.4, -0.2) is 16.2 Å². The lowest BCUT2D eigenvalue weighted by Crippen LogP contribution is -2.31. The van der Waals surface area contributed by atoms with Crippen molar-refractivity contribution in [1.82, 2.24) is 9.55 Å². The third kappa shape index (κ3) is 4.15. The van der Waals surface area contributed by atoms with Crippen molar-refractivity contribution in [2.75, 3.05) is 6.61 Å². The van der Waals surface area contributed by atoms with Gasteiger partial charge in [-0.2, -0.15) is 5.26 Å². The molecule has 6 heteroatoms. The van der Waals surface area contributed by atoms with Crippen molar-refractivity contribution >= 4 is 0 Å². The van der Waals surface area contributed by atoms with E-state index < -0.39 is 11.2 Å². The van der Waals surface area contributed by atoms with Crippen molar-refractivity contribution in [1.29, 1.82) is 5.26 Å². The van der Waals surface area contributed by atoms with Crippen LogP contribution < -0.4 is 16.0 Å². The smallest absolute Gasteiger partial charge is 0.331 e. The number of aromatic amines is 1. The molecule has 0 saturated carbocycles. The highest BCUT2D eigenvalue weighted by Gasteiger charge is 2.09. The maximum Gasteiger partial charge on any atom is 0.331 e. The SMILES string of the molecule is CCCOc1cc(=O)[nH]c(=O)n1Cc1ccc(-c2ccccc2C#N)cc1. The van der Waals surface area contributed by atoms with Gasteiger partial charge in [-0.3, -0.25) is 14.3 Å². The van der Waals surface area contributed by atoms with E-state index in [1.807, 2.05) is 49.4 Å². The van der Waals surface area contributed by atoms with Gasteiger partial charge >= 0.3 is 5.69 Å². The topological polar surface area (TPSA) is 87.9 Å². The van der Waals surface area contributed by atoms with Gasteiger partial charge in [0.15, 0.2) is 0 Å². The summed E-state index contributed by atoms with van der Waals surface area (Å²) >= 11 is 0. The van der Waals surface area contributed by atoms with E-state index in [-0.39, 0.29) is 12.4 Å². The fourth-order valence-corrected chi connectivity index (χ4v) is 2.78. The Kier molecular flexibility index (Phi) is 5.53. The zero-order valence-electron chi connectivity index (χ0n) is 14.9. The van der Waals surface area contributed by atoms with Gasteiger partial charge in [0.25, 0.3) is 5.56 Å². The van der Waals surface area contributed by atoms with Crippen LogP contribution in [0.2, 0.25) is 0 Å². The molecule has 0 aliphatic heterocycles. The second-order valence-electron chi connectivity index (χ2n) is 6.07. The standard InChI is InChI=1S/C21H19N3O3/c1-2-11-27-20-12-19(25)23-21(26)24(20)14-15-7-9-16(10-8-15)18-6-4-3-5-17(18)13-22/h3-10,12H,2,11,14H2,1H3,(H,23,25,26). The minimum atomic E-state index is -0.507. The van der Waals surface area contributed by atoms with E-state index in [1.165, 1.54) is 10.6 Å². The minimum absolute atomic E-state index is 0.254. The second kappa shape index (κ2) is 8.19. The van der Waals surface area contributed by atoms with E-state index >= 15 is 0 Å². The normalized spacial score (nSPS) is 10.4. The molecule has 1 N–H and O–H groups in total. The molecule has 0 radical (unpaired) electrons. The molecule has 0 unspecified atom stereocenters. The first-order chi connectivity index (χ1) is 13.1. The zero-order chi connectivity index (χ0) is 19.2. The summed E-state index contributed by atoms with van der Waals surface area (Å²) in [7, 11) is 0. The third-order valence-electron chi connectivity index (χ3n) is 4.10. The monoisotopic (exact) mass is 361 g/mol. The van der Waals surface area contributed by atoms with Gasteiger partial charge in [-0.1, -0.05) is 49.4 Å². The molecule has 0 amide bonds. The third-order valence-corrected chi connectivity index (χ3v) is 4.10. The first-order valence-electron chi connectivity index (χ1n) is 8.67. The summed E-state index contributed by atoms with van der Waals surface area (Å²) in [6.07, 6.45) is 0.772. The number of benzene rings is 2. The maximum absolute atomic E-state index is 12.2. The maximum atomic E-state index is 12.2. The highest BCUT2D eigenvalue weighted by molar-refractivity contribution is 5.70. The summed E-state index contributed by atoms with van der Waals surface area (Å²) in [6.45, 7) is 2.65. The van der Waals surface area contributed by atoms with E-state index in [2.05, 4.69) is 11.1 Å². The van der Waals surface area contributed by atoms with E-state index in [0.29, 0.717) is 12.2 Å². The van der Waals surface area contributed by atoms with Crippen molar-refractivity contribution in [3.05, 3.63) is 86.6 Å². The molecule has 1 aromatic heterocycles. The molecule has 27 heavy (non-hydrogen) atoms. The van der Waals surface area contributed by atoms with Crippen LogP contribution in [0.4, 0.5) is 0 Å². The van der Waals surface area contributed by atoms with E-state index in [4.69, 9.17) is 4.74 Å². The molecule has 3 aromatic rings. The summed E-state index contributed by atoms with van der Waals surface area (Å²) in [4.78, 5) is 26.0. The lowest BCUT2D eigenvalue weighted by Gasteiger charge is -2.13. The Hall–Kier alpha value is -3.59. The van der Waals surface area contributed by atoms with Gasteiger partial charge in [0.2, 0.25) is 5.88 Å². The molecule has 1 heterocycles. The molecule has 0 fully saturated rings. The number of hydrogen-bond acceptors (Lipinski definition) is 4. The number of rotatable bonds is 6. The summed E-state index contributed by atoms with van der Waals surface area (Å²) in [5, 5.41) is 9.25. The van der Waals surface area contributed by atoms with Crippen molar-refractivity contribution in [2.45, 2.75) is 19.9 Å². The lowest BCUT2D eigenvalue weighted by atomic mass is 9.99. The number of nitrogens with one attached hydrogen (secondary N) is 1. The van der Waals surface area contributed by atoms with Crippen LogP contribution in [0.25, 0.3) is 11.1 Å². The van der Waals surface area contributed by atoms with Gasteiger partial charge in [0.05, 0.1) is 30.9 Å². The molecule has 0 bridgehead atoms. The number of ether oxygens (including phenoxy) is 1. The number of hydrogen-bond donors (Lipinski definition) is 1. The number of nitriles is 1. The molecule has 6 nitrogen and oxygen atoms in total. The Labute approximate surface area is 156 Å². The fourth-order valence-electron chi connectivity index (χ4n) is 2.78. The summed E-state index contributed by atoms with van der Waals surface area (Å²) < 4.78 is 6.95. The number of H-pyrrole nitrogens is 1. The Balaban J connectivity index is 1.91. The molecule has 3 rings (SSSR count). The lowest BCUT2D eigenvalue weighted by molar-refractivity contribution is 0.286. The zero-order valence-corrected chi connectivity index (χ0v) is 14.9. The van der Waals surface area contributed by atoms with E-state index in [9.17, 15) is 14.9 Å². The van der Waals surface area contributed by atoms with Gasteiger partial charge in [0, 0.05) is 0 Å². The number of nitrogens with zero attached hydrogens (tertiary/aromatic N) is 2. The molecular formula is C21H19N3O3. The molecule has 0 spiro atoms. The molecule has 2 aromatic carbocycles. The largest absolute Gasteiger partial charge is 0.479 e.